The average Bonchev–Trinajstić information content (AvgIpc) is 2.29. The van der Waals surface area contributed by atoms with Crippen molar-refractivity contribution in [3.63, 3.8) is 0 Å². The van der Waals surface area contributed by atoms with Crippen LogP contribution in [0.2, 0.25) is 0 Å². The summed E-state index contributed by atoms with van der Waals surface area (Å²) in [6.07, 6.45) is 0.920. The molecule has 1 heterocycles. The van der Waals surface area contributed by atoms with E-state index < -0.39 is 0 Å². The minimum Gasteiger partial charge on any atom is -0.309 e. The van der Waals surface area contributed by atoms with Crippen molar-refractivity contribution in [2.24, 2.45) is 7.05 Å². The SMILES string of the molecule is CCc1cc(NC(C)=O)nn1C. The van der Waals surface area contributed by atoms with Crippen LogP contribution < -0.4 is 5.32 Å². The van der Waals surface area contributed by atoms with Crippen molar-refractivity contribution in [2.45, 2.75) is 20.3 Å². The van der Waals surface area contributed by atoms with Crippen LogP contribution >= 0.6 is 0 Å². The van der Waals surface area contributed by atoms with Gasteiger partial charge in [-0.1, -0.05) is 6.92 Å². The van der Waals surface area contributed by atoms with Crippen LogP contribution in [-0.4, -0.2) is 15.7 Å². The summed E-state index contributed by atoms with van der Waals surface area (Å²) in [6, 6.07) is 1.88. The van der Waals surface area contributed by atoms with Gasteiger partial charge in [0.05, 0.1) is 0 Å². The fraction of sp³-hybridized carbons (Fsp3) is 0.500. The summed E-state index contributed by atoms with van der Waals surface area (Å²) in [4.78, 5) is 10.7. The van der Waals surface area contributed by atoms with Gasteiger partial charge in [-0.25, -0.2) is 0 Å². The number of rotatable bonds is 2. The highest BCUT2D eigenvalue weighted by molar-refractivity contribution is 5.87. The zero-order valence-electron chi connectivity index (χ0n) is 7.59. The van der Waals surface area contributed by atoms with Gasteiger partial charge in [0.1, 0.15) is 0 Å². The molecule has 0 unspecified atom stereocenters. The molecular formula is C8H13N3O. The number of nitrogens with one attached hydrogen (secondary N) is 1. The lowest BCUT2D eigenvalue weighted by atomic mass is 10.3. The number of carbonyl (C=O) groups is 1. The molecule has 0 saturated heterocycles. The topological polar surface area (TPSA) is 46.9 Å². The number of hydrogen-bond donors (Lipinski definition) is 1. The van der Waals surface area contributed by atoms with E-state index in [2.05, 4.69) is 17.3 Å². The van der Waals surface area contributed by atoms with Gasteiger partial charge in [-0.3, -0.25) is 9.48 Å². The molecule has 4 nitrogen and oxygen atoms in total. The predicted molar refractivity (Wildman–Crippen MR) is 46.9 cm³/mol. The van der Waals surface area contributed by atoms with E-state index in [1.54, 1.807) is 4.68 Å². The van der Waals surface area contributed by atoms with Crippen LogP contribution in [0.5, 0.6) is 0 Å². The van der Waals surface area contributed by atoms with E-state index in [1.807, 2.05) is 13.1 Å². The van der Waals surface area contributed by atoms with E-state index in [0.717, 1.165) is 12.1 Å². The number of carbonyl (C=O) groups excluding carboxylic acids is 1. The molecule has 1 aromatic rings. The van der Waals surface area contributed by atoms with Crippen LogP contribution in [0.4, 0.5) is 5.82 Å². The molecule has 12 heavy (non-hydrogen) atoms. The Morgan fingerprint density at radius 3 is 2.83 bits per heavy atom. The molecule has 0 atom stereocenters. The number of hydrogen-bond acceptors (Lipinski definition) is 2. The van der Waals surface area contributed by atoms with E-state index in [1.165, 1.54) is 6.92 Å². The van der Waals surface area contributed by atoms with E-state index in [-0.39, 0.29) is 5.91 Å². The maximum atomic E-state index is 10.7. The standard InChI is InChI=1S/C8H13N3O/c1-4-7-5-8(9-6(2)12)10-11(7)3/h5H,4H2,1-3H3,(H,9,10,12). The highest BCUT2D eigenvalue weighted by Crippen LogP contribution is 2.07. The van der Waals surface area contributed by atoms with Crippen molar-refractivity contribution in [1.82, 2.24) is 9.78 Å². The lowest BCUT2D eigenvalue weighted by Crippen LogP contribution is -2.06. The van der Waals surface area contributed by atoms with Crippen molar-refractivity contribution in [1.29, 1.82) is 0 Å². The van der Waals surface area contributed by atoms with Crippen molar-refractivity contribution >= 4 is 11.7 Å². The van der Waals surface area contributed by atoms with Crippen LogP contribution in [0, 0.1) is 0 Å². The molecule has 0 radical (unpaired) electrons. The molecule has 0 aliphatic carbocycles. The van der Waals surface area contributed by atoms with Gasteiger partial charge in [0, 0.05) is 25.7 Å². The Bertz CT molecular complexity index is 290. The maximum absolute atomic E-state index is 10.7. The Balaban J connectivity index is 2.82. The number of amides is 1. The second kappa shape index (κ2) is 3.38. The first-order valence-corrected chi connectivity index (χ1v) is 3.94. The van der Waals surface area contributed by atoms with Crippen LogP contribution in [0.25, 0.3) is 0 Å². The molecule has 4 heteroatoms. The fourth-order valence-electron chi connectivity index (χ4n) is 1.08. The number of anilines is 1. The van der Waals surface area contributed by atoms with Crippen molar-refractivity contribution in [2.75, 3.05) is 5.32 Å². The molecule has 1 N–H and O–H groups in total. The third-order valence-corrected chi connectivity index (χ3v) is 1.64. The zero-order chi connectivity index (χ0) is 9.14. The normalized spacial score (nSPS) is 9.92. The van der Waals surface area contributed by atoms with Gasteiger partial charge < -0.3 is 5.32 Å². The minimum absolute atomic E-state index is 0.0873. The first-order chi connectivity index (χ1) is 5.63. The molecule has 0 spiro atoms. The number of aromatic nitrogens is 2. The average molecular weight is 167 g/mol. The Morgan fingerprint density at radius 1 is 1.75 bits per heavy atom. The smallest absolute Gasteiger partial charge is 0.222 e. The third-order valence-electron chi connectivity index (χ3n) is 1.64. The van der Waals surface area contributed by atoms with E-state index in [9.17, 15) is 4.79 Å². The molecule has 0 aromatic carbocycles. The molecular weight excluding hydrogens is 154 g/mol. The van der Waals surface area contributed by atoms with E-state index in [4.69, 9.17) is 0 Å². The molecule has 0 saturated carbocycles. The zero-order valence-corrected chi connectivity index (χ0v) is 7.59. The van der Waals surface area contributed by atoms with Crippen LogP contribution in [0.15, 0.2) is 6.07 Å². The Hall–Kier alpha value is -1.32. The van der Waals surface area contributed by atoms with Gasteiger partial charge in [-0.05, 0) is 6.42 Å². The highest BCUT2D eigenvalue weighted by atomic mass is 16.1. The lowest BCUT2D eigenvalue weighted by molar-refractivity contribution is -0.114. The minimum atomic E-state index is -0.0873. The summed E-state index contributed by atoms with van der Waals surface area (Å²) >= 11 is 0. The highest BCUT2D eigenvalue weighted by Gasteiger charge is 2.03. The van der Waals surface area contributed by atoms with Crippen LogP contribution in [0.1, 0.15) is 19.5 Å². The van der Waals surface area contributed by atoms with E-state index in [0.29, 0.717) is 5.82 Å². The van der Waals surface area contributed by atoms with Crippen molar-refractivity contribution in [3.8, 4) is 0 Å². The molecule has 0 aliphatic rings. The Labute approximate surface area is 71.6 Å². The first-order valence-electron chi connectivity index (χ1n) is 3.94. The Morgan fingerprint density at radius 2 is 2.42 bits per heavy atom. The molecule has 0 fully saturated rings. The summed E-state index contributed by atoms with van der Waals surface area (Å²) in [5.74, 6) is 0.539. The maximum Gasteiger partial charge on any atom is 0.222 e. The first kappa shape index (κ1) is 8.77. The lowest BCUT2D eigenvalue weighted by Gasteiger charge is -1.93. The second-order valence-electron chi connectivity index (χ2n) is 2.68. The second-order valence-corrected chi connectivity index (χ2v) is 2.68. The number of nitrogens with zero attached hydrogens (tertiary/aromatic N) is 2. The van der Waals surface area contributed by atoms with Gasteiger partial charge in [0.25, 0.3) is 0 Å². The Kier molecular flexibility index (Phi) is 2.47. The van der Waals surface area contributed by atoms with Crippen molar-refractivity contribution < 1.29 is 4.79 Å². The molecule has 1 rings (SSSR count). The summed E-state index contributed by atoms with van der Waals surface area (Å²) < 4.78 is 1.77. The monoisotopic (exact) mass is 167 g/mol. The summed E-state index contributed by atoms with van der Waals surface area (Å²) in [5, 5.41) is 6.74. The fourth-order valence-corrected chi connectivity index (χ4v) is 1.08. The predicted octanol–water partition coefficient (Wildman–Crippen LogP) is 0.941. The van der Waals surface area contributed by atoms with E-state index >= 15 is 0 Å². The van der Waals surface area contributed by atoms with Gasteiger partial charge in [-0.15, -0.1) is 0 Å². The van der Waals surface area contributed by atoms with Gasteiger partial charge in [0.2, 0.25) is 5.91 Å². The van der Waals surface area contributed by atoms with Crippen LogP contribution in [-0.2, 0) is 18.3 Å². The molecule has 0 aliphatic heterocycles. The molecule has 1 amide bonds. The van der Waals surface area contributed by atoms with Gasteiger partial charge in [0.15, 0.2) is 5.82 Å². The largest absolute Gasteiger partial charge is 0.309 e. The van der Waals surface area contributed by atoms with Gasteiger partial charge >= 0.3 is 0 Å². The molecule has 0 bridgehead atoms. The quantitative estimate of drug-likeness (QED) is 0.712. The number of aryl methyl sites for hydroxylation is 2. The summed E-state index contributed by atoms with van der Waals surface area (Å²) in [7, 11) is 1.87. The van der Waals surface area contributed by atoms with Gasteiger partial charge in [-0.2, -0.15) is 5.10 Å². The molecule has 66 valence electrons. The molecule has 1 aromatic heterocycles. The summed E-state index contributed by atoms with van der Waals surface area (Å²) in [6.45, 7) is 3.52. The van der Waals surface area contributed by atoms with Crippen molar-refractivity contribution in [3.05, 3.63) is 11.8 Å². The third kappa shape index (κ3) is 1.84. The summed E-state index contributed by atoms with van der Waals surface area (Å²) in [5.41, 5.74) is 1.11. The van der Waals surface area contributed by atoms with Crippen LogP contribution in [0.3, 0.4) is 0 Å².